The van der Waals surface area contributed by atoms with Crippen molar-refractivity contribution in [2.75, 3.05) is 27.4 Å². The van der Waals surface area contributed by atoms with Gasteiger partial charge in [-0.15, -0.1) is 0 Å². The number of ether oxygens (including phenoxy) is 3. The molecule has 12 heteroatoms. The molecule has 226 valence electrons. The third kappa shape index (κ3) is 9.13. The minimum atomic E-state index is -2.74. The van der Waals surface area contributed by atoms with E-state index in [1.54, 1.807) is 14.2 Å². The fraction of sp³-hybridized carbons (Fsp3) is 0.400. The smallest absolute Gasteiger partial charge is 0.336 e. The third-order valence-electron chi connectivity index (χ3n) is 6.76. The highest BCUT2D eigenvalue weighted by Gasteiger charge is 2.40. The van der Waals surface area contributed by atoms with Gasteiger partial charge in [0.2, 0.25) is 0 Å². The molecule has 1 aromatic heterocycles. The molecule has 3 aromatic rings. The van der Waals surface area contributed by atoms with Crippen LogP contribution in [0.1, 0.15) is 36.8 Å². The van der Waals surface area contributed by atoms with Gasteiger partial charge < -0.3 is 34.6 Å². The van der Waals surface area contributed by atoms with Gasteiger partial charge in [-0.05, 0) is 48.2 Å². The Morgan fingerprint density at radius 1 is 0.976 bits per heavy atom. The number of nitrogens with zero attached hydrogens (tertiary/aromatic N) is 2. The Bertz CT molecular complexity index is 1350. The van der Waals surface area contributed by atoms with E-state index in [9.17, 15) is 14.4 Å². The van der Waals surface area contributed by atoms with Crippen LogP contribution in [-0.2, 0) is 32.2 Å². The topological polar surface area (TPSA) is 176 Å². The Balaban J connectivity index is 0.000000316. The van der Waals surface area contributed by atoms with E-state index in [1.165, 1.54) is 16.5 Å². The van der Waals surface area contributed by atoms with Gasteiger partial charge in [0.15, 0.2) is 17.1 Å². The van der Waals surface area contributed by atoms with Crippen molar-refractivity contribution in [3.05, 3.63) is 65.9 Å². The van der Waals surface area contributed by atoms with Crippen LogP contribution < -0.4 is 9.47 Å². The molecule has 1 aliphatic heterocycles. The Morgan fingerprint density at radius 2 is 1.67 bits per heavy atom. The number of hydrogen-bond acceptors (Lipinski definition) is 9. The Kier molecular flexibility index (Phi) is 11.6. The minimum absolute atomic E-state index is 0.295. The molecule has 0 amide bonds. The molecule has 0 saturated carbocycles. The predicted octanol–water partition coefficient (Wildman–Crippen LogP) is 3.18. The number of carbonyl (C=O) groups is 3. The Labute approximate surface area is 243 Å². The summed E-state index contributed by atoms with van der Waals surface area (Å²) in [5, 5.41) is 35.0. The lowest BCUT2D eigenvalue weighted by Crippen LogP contribution is -2.42. The van der Waals surface area contributed by atoms with E-state index in [0.29, 0.717) is 6.10 Å². The second-order valence-corrected chi connectivity index (χ2v) is 9.96. The summed E-state index contributed by atoms with van der Waals surface area (Å²) in [6, 6.07) is 16.6. The van der Waals surface area contributed by atoms with Gasteiger partial charge in [-0.3, -0.25) is 19.5 Å². The van der Waals surface area contributed by atoms with Crippen LogP contribution in [0.4, 0.5) is 0 Å². The van der Waals surface area contributed by atoms with Crippen LogP contribution >= 0.6 is 0 Å². The lowest BCUT2D eigenvalue weighted by Gasteiger charge is -2.26. The van der Waals surface area contributed by atoms with Crippen LogP contribution in [0.15, 0.2) is 54.7 Å². The molecule has 12 nitrogen and oxygen atoms in total. The minimum Gasteiger partial charge on any atom is -0.493 e. The molecule has 0 radical (unpaired) electrons. The van der Waals surface area contributed by atoms with Gasteiger partial charge in [-0.25, -0.2) is 4.79 Å². The van der Waals surface area contributed by atoms with E-state index in [-0.39, 0.29) is 0 Å². The van der Waals surface area contributed by atoms with Gasteiger partial charge in [-0.2, -0.15) is 0 Å². The van der Waals surface area contributed by atoms with Crippen LogP contribution in [0.2, 0.25) is 0 Å². The molecule has 1 aliphatic rings. The quantitative estimate of drug-likeness (QED) is 0.231. The number of para-hydroxylation sites is 1. The van der Waals surface area contributed by atoms with Crippen molar-refractivity contribution in [2.24, 2.45) is 0 Å². The predicted molar refractivity (Wildman–Crippen MR) is 151 cm³/mol. The summed E-state index contributed by atoms with van der Waals surface area (Å²) in [5.74, 6) is -3.51. The molecule has 1 saturated heterocycles. The second-order valence-electron chi connectivity index (χ2n) is 9.96. The molecule has 0 bridgehead atoms. The van der Waals surface area contributed by atoms with Crippen molar-refractivity contribution in [3.8, 4) is 11.5 Å². The fourth-order valence-corrected chi connectivity index (χ4v) is 4.75. The number of aromatic nitrogens is 1. The number of methoxy groups -OCH3 is 2. The maximum atomic E-state index is 10.3. The zero-order valence-corrected chi connectivity index (χ0v) is 23.6. The normalized spacial score (nSPS) is 14.7. The van der Waals surface area contributed by atoms with Crippen molar-refractivity contribution in [3.63, 3.8) is 0 Å². The molecule has 2 aromatic carbocycles. The van der Waals surface area contributed by atoms with Crippen LogP contribution in [-0.4, -0.2) is 87.3 Å². The van der Waals surface area contributed by atoms with E-state index in [4.69, 9.17) is 34.6 Å². The number of benzene rings is 2. The van der Waals surface area contributed by atoms with Crippen molar-refractivity contribution in [2.45, 2.75) is 50.5 Å². The summed E-state index contributed by atoms with van der Waals surface area (Å²) in [6.45, 7) is 3.44. The average molecular weight is 585 g/mol. The monoisotopic (exact) mass is 584 g/mol. The molecule has 42 heavy (non-hydrogen) atoms. The first kappa shape index (κ1) is 32.3. The van der Waals surface area contributed by atoms with Gasteiger partial charge in [0.05, 0.1) is 38.7 Å². The van der Waals surface area contributed by atoms with E-state index < -0.39 is 36.4 Å². The number of carboxylic acids is 3. The molecule has 4 rings (SSSR count). The first-order valence-electron chi connectivity index (χ1n) is 13.3. The van der Waals surface area contributed by atoms with Gasteiger partial charge in [0.25, 0.3) is 0 Å². The summed E-state index contributed by atoms with van der Waals surface area (Å²) in [6.07, 6.45) is 2.18. The molecule has 2 heterocycles. The van der Waals surface area contributed by atoms with E-state index in [2.05, 4.69) is 46.3 Å². The number of carboxylic acid groups (broad SMARTS) is 3. The zero-order chi connectivity index (χ0) is 30.7. The number of aliphatic carboxylic acids is 3. The molecule has 1 fully saturated rings. The largest absolute Gasteiger partial charge is 0.493 e. The number of pyridine rings is 1. The lowest BCUT2D eigenvalue weighted by atomic mass is 9.96. The highest BCUT2D eigenvalue weighted by atomic mass is 16.5. The summed E-state index contributed by atoms with van der Waals surface area (Å²) < 4.78 is 16.8. The van der Waals surface area contributed by atoms with Gasteiger partial charge in [0.1, 0.15) is 0 Å². The molecular weight excluding hydrogens is 548 g/mol. The Morgan fingerprint density at radius 3 is 2.26 bits per heavy atom. The summed E-state index contributed by atoms with van der Waals surface area (Å²) in [5.41, 5.74) is 0.777. The SMILES string of the molecule is COc1ccc(CN(Cc2ccnc3ccccc23)CC2CCCO2)cc1OC.O=C(O)CC(O)(CC(=O)O)C(=O)O. The van der Waals surface area contributed by atoms with Crippen molar-refractivity contribution in [1.82, 2.24) is 9.88 Å². The average Bonchev–Trinajstić information content (AvgIpc) is 3.45. The van der Waals surface area contributed by atoms with Gasteiger partial charge >= 0.3 is 17.9 Å². The van der Waals surface area contributed by atoms with Crippen molar-refractivity contribution >= 4 is 28.8 Å². The van der Waals surface area contributed by atoms with Crippen LogP contribution in [0.5, 0.6) is 11.5 Å². The first-order valence-corrected chi connectivity index (χ1v) is 13.3. The number of fused-ring (bicyclic) bond motifs is 1. The Hall–Kier alpha value is -4.26. The van der Waals surface area contributed by atoms with Crippen LogP contribution in [0, 0.1) is 0 Å². The molecule has 0 spiro atoms. The summed E-state index contributed by atoms with van der Waals surface area (Å²) in [4.78, 5) is 37.4. The molecular formula is C30H36N2O10. The number of aliphatic hydroxyl groups is 1. The fourth-order valence-electron chi connectivity index (χ4n) is 4.75. The molecule has 0 aliphatic carbocycles. The number of rotatable bonds is 13. The lowest BCUT2D eigenvalue weighted by molar-refractivity contribution is -0.170. The highest BCUT2D eigenvalue weighted by molar-refractivity contribution is 5.88. The summed E-state index contributed by atoms with van der Waals surface area (Å²) in [7, 11) is 3.34. The van der Waals surface area contributed by atoms with E-state index in [1.807, 2.05) is 18.3 Å². The van der Waals surface area contributed by atoms with Crippen LogP contribution in [0.25, 0.3) is 10.9 Å². The standard InChI is InChI=1S/C24H28N2O3.C6H8O7/c1-27-23-10-9-18(14-24(23)28-2)15-26(17-20-6-5-13-29-20)16-19-11-12-25-22-8-4-3-7-21(19)22;7-3(8)1-6(13,5(11)12)2-4(9)10/h3-4,7-12,14,20H,5-6,13,15-17H2,1-2H3;13H,1-2H2,(H,7,8)(H,9,10)(H,11,12). The maximum Gasteiger partial charge on any atom is 0.336 e. The van der Waals surface area contributed by atoms with Crippen molar-refractivity contribution in [1.29, 1.82) is 0 Å². The molecule has 4 N–H and O–H groups in total. The highest BCUT2D eigenvalue weighted by Crippen LogP contribution is 2.29. The summed E-state index contributed by atoms with van der Waals surface area (Å²) >= 11 is 0. The van der Waals surface area contributed by atoms with Crippen molar-refractivity contribution < 1.29 is 49.0 Å². The second kappa shape index (κ2) is 15.1. The maximum absolute atomic E-state index is 10.3. The molecule has 1 atom stereocenters. The third-order valence-corrected chi connectivity index (χ3v) is 6.76. The number of hydrogen-bond donors (Lipinski definition) is 4. The van der Waals surface area contributed by atoms with E-state index in [0.717, 1.165) is 56.1 Å². The van der Waals surface area contributed by atoms with Gasteiger partial charge in [0, 0.05) is 37.8 Å². The van der Waals surface area contributed by atoms with Crippen LogP contribution in [0.3, 0.4) is 0 Å². The molecule has 1 unspecified atom stereocenters. The van der Waals surface area contributed by atoms with Gasteiger partial charge in [-0.1, -0.05) is 24.3 Å². The van der Waals surface area contributed by atoms with E-state index >= 15 is 0 Å². The first-order chi connectivity index (χ1) is 20.0. The zero-order valence-electron chi connectivity index (χ0n) is 23.6.